The van der Waals surface area contributed by atoms with Crippen LogP contribution in [-0.4, -0.2) is 31.2 Å². The van der Waals surface area contributed by atoms with Gasteiger partial charge in [-0.3, -0.25) is 4.79 Å². The predicted molar refractivity (Wildman–Crippen MR) is 146 cm³/mol. The average molecular weight is 491 g/mol. The maximum absolute atomic E-state index is 13.7. The molecule has 2 unspecified atom stereocenters. The molecule has 0 radical (unpaired) electrons. The molecular weight excluding hydrogens is 460 g/mol. The number of benzene rings is 3. The smallest absolute Gasteiger partial charge is 0.254 e. The summed E-state index contributed by atoms with van der Waals surface area (Å²) in [5.74, 6) is 0.674. The van der Waals surface area contributed by atoms with Gasteiger partial charge in [0.25, 0.3) is 5.56 Å². The monoisotopic (exact) mass is 490 g/mol. The Labute approximate surface area is 215 Å². The highest BCUT2D eigenvalue weighted by atomic mass is 16.1. The minimum Gasteiger partial charge on any atom is -0.354 e. The van der Waals surface area contributed by atoms with E-state index < -0.39 is 6.04 Å². The van der Waals surface area contributed by atoms with Crippen LogP contribution in [0.5, 0.6) is 0 Å². The van der Waals surface area contributed by atoms with E-state index in [1.165, 1.54) is 16.7 Å². The number of aromatic nitrogens is 5. The van der Waals surface area contributed by atoms with Gasteiger partial charge in [-0.15, -0.1) is 5.10 Å². The zero-order valence-corrected chi connectivity index (χ0v) is 21.3. The number of aryl methyl sites for hydroxylation is 4. The normalized spacial score (nSPS) is 15.8. The van der Waals surface area contributed by atoms with E-state index in [9.17, 15) is 4.79 Å². The number of aromatic amines is 1. The van der Waals surface area contributed by atoms with Gasteiger partial charge in [0.1, 0.15) is 6.04 Å². The van der Waals surface area contributed by atoms with Crippen LogP contribution >= 0.6 is 0 Å². The summed E-state index contributed by atoms with van der Waals surface area (Å²) in [5, 5.41) is 14.0. The number of rotatable bonds is 6. The molecule has 0 bridgehead atoms. The Balaban J connectivity index is 1.51. The summed E-state index contributed by atoms with van der Waals surface area (Å²) in [6.45, 7) is 6.98. The number of pyridine rings is 1. The van der Waals surface area contributed by atoms with E-state index in [1.807, 2.05) is 35.0 Å². The van der Waals surface area contributed by atoms with Crippen LogP contribution in [0.15, 0.2) is 77.6 Å². The number of nitrogens with one attached hydrogen (secondary N) is 1. The van der Waals surface area contributed by atoms with Gasteiger partial charge in [0, 0.05) is 29.4 Å². The van der Waals surface area contributed by atoms with Gasteiger partial charge in [-0.2, -0.15) is 0 Å². The molecule has 0 saturated heterocycles. The zero-order valence-electron chi connectivity index (χ0n) is 21.3. The Morgan fingerprint density at radius 2 is 1.76 bits per heavy atom. The minimum absolute atomic E-state index is 0.116. The molecule has 0 aliphatic carbocycles. The highest BCUT2D eigenvalue weighted by Crippen LogP contribution is 2.40. The van der Waals surface area contributed by atoms with Crippen LogP contribution in [0.4, 0.5) is 5.69 Å². The molecule has 3 aromatic carbocycles. The molecule has 1 aliphatic heterocycles. The topological polar surface area (TPSA) is 79.7 Å². The zero-order chi connectivity index (χ0) is 25.5. The van der Waals surface area contributed by atoms with Crippen LogP contribution in [-0.2, 0) is 19.4 Å². The summed E-state index contributed by atoms with van der Waals surface area (Å²) < 4.78 is 1.86. The second-order valence-electron chi connectivity index (χ2n) is 10.1. The third-order valence-corrected chi connectivity index (χ3v) is 7.58. The van der Waals surface area contributed by atoms with Gasteiger partial charge >= 0.3 is 0 Å². The molecule has 37 heavy (non-hydrogen) atoms. The lowest BCUT2D eigenvalue weighted by Crippen LogP contribution is -2.39. The largest absolute Gasteiger partial charge is 0.354 e. The van der Waals surface area contributed by atoms with Crippen molar-refractivity contribution in [2.75, 3.05) is 4.90 Å². The lowest BCUT2D eigenvalue weighted by Gasteiger charge is -2.33. The minimum atomic E-state index is -0.431. The van der Waals surface area contributed by atoms with E-state index in [-0.39, 0.29) is 11.6 Å². The first kappa shape index (κ1) is 23.2. The highest BCUT2D eigenvalue weighted by Gasteiger charge is 2.37. The second-order valence-corrected chi connectivity index (χ2v) is 10.1. The lowest BCUT2D eigenvalue weighted by molar-refractivity contribution is 0.519. The molecule has 0 saturated carbocycles. The third kappa shape index (κ3) is 4.20. The van der Waals surface area contributed by atoms with E-state index in [0.29, 0.717) is 17.9 Å². The summed E-state index contributed by atoms with van der Waals surface area (Å²) in [6.07, 6.45) is 1.70. The molecule has 1 N–H and O–H groups in total. The van der Waals surface area contributed by atoms with Crippen molar-refractivity contribution in [1.29, 1.82) is 0 Å². The molecule has 0 fully saturated rings. The maximum atomic E-state index is 13.7. The van der Waals surface area contributed by atoms with E-state index in [1.54, 1.807) is 0 Å². The number of nitrogens with zero attached hydrogens (tertiary/aromatic N) is 5. The van der Waals surface area contributed by atoms with Crippen LogP contribution in [0.2, 0.25) is 0 Å². The molecule has 2 atom stereocenters. The van der Waals surface area contributed by atoms with Crippen LogP contribution < -0.4 is 10.5 Å². The SMILES string of the molecule is Cc1cc2cc(C(c3nnnn3CCc3ccccc3)N3c4ccccc4CC3C)c(=O)[nH]c2cc1C. The Hall–Kier alpha value is -4.26. The maximum Gasteiger partial charge on any atom is 0.254 e. The van der Waals surface area contributed by atoms with Crippen molar-refractivity contribution in [3.05, 3.63) is 117 Å². The Kier molecular flexibility index (Phi) is 5.83. The number of H-pyrrole nitrogens is 1. The van der Waals surface area contributed by atoms with Gasteiger partial charge in [-0.25, -0.2) is 4.68 Å². The first-order valence-electron chi connectivity index (χ1n) is 12.8. The summed E-state index contributed by atoms with van der Waals surface area (Å²) in [6, 6.07) is 24.7. The number of para-hydroxylation sites is 1. The molecule has 3 heterocycles. The van der Waals surface area contributed by atoms with E-state index in [4.69, 9.17) is 0 Å². The first-order chi connectivity index (χ1) is 18.0. The summed E-state index contributed by atoms with van der Waals surface area (Å²) in [5.41, 5.74) is 7.33. The molecule has 186 valence electrons. The van der Waals surface area contributed by atoms with Gasteiger partial charge in [0.2, 0.25) is 0 Å². The second kappa shape index (κ2) is 9.32. The van der Waals surface area contributed by atoms with Crippen LogP contribution in [0.3, 0.4) is 0 Å². The Morgan fingerprint density at radius 1 is 1.00 bits per heavy atom. The van der Waals surface area contributed by atoms with Crippen molar-refractivity contribution in [1.82, 2.24) is 25.2 Å². The van der Waals surface area contributed by atoms with Crippen LogP contribution in [0, 0.1) is 13.8 Å². The van der Waals surface area contributed by atoms with Gasteiger partial charge in [-0.1, -0.05) is 48.5 Å². The molecule has 1 aliphatic rings. The Bertz CT molecular complexity index is 1640. The molecular formula is C30H30N6O. The summed E-state index contributed by atoms with van der Waals surface area (Å²) in [4.78, 5) is 19.1. The van der Waals surface area contributed by atoms with Gasteiger partial charge in [0.15, 0.2) is 5.82 Å². The predicted octanol–water partition coefficient (Wildman–Crippen LogP) is 4.91. The van der Waals surface area contributed by atoms with Crippen molar-refractivity contribution in [3.63, 3.8) is 0 Å². The Morgan fingerprint density at radius 3 is 2.59 bits per heavy atom. The quantitative estimate of drug-likeness (QED) is 0.366. The molecule has 0 amide bonds. The van der Waals surface area contributed by atoms with Crippen LogP contribution in [0.1, 0.15) is 46.6 Å². The van der Waals surface area contributed by atoms with Crippen molar-refractivity contribution < 1.29 is 0 Å². The fourth-order valence-electron chi connectivity index (χ4n) is 5.54. The molecule has 7 nitrogen and oxygen atoms in total. The first-order valence-corrected chi connectivity index (χ1v) is 12.8. The van der Waals surface area contributed by atoms with Crippen molar-refractivity contribution in [2.45, 2.75) is 52.2 Å². The number of fused-ring (bicyclic) bond motifs is 2. The number of tetrazole rings is 1. The standard InChI is InChI=1S/C30H30N6O/c1-19-15-24-18-25(30(37)31-26(24)16-20(19)2)28(36-21(3)17-23-11-7-8-12-27(23)36)29-32-33-34-35(29)14-13-22-9-5-4-6-10-22/h4-12,15-16,18,21,28H,13-14,17H2,1-3H3,(H,31,37). The summed E-state index contributed by atoms with van der Waals surface area (Å²) >= 11 is 0. The fourth-order valence-corrected chi connectivity index (χ4v) is 5.54. The molecule has 6 rings (SSSR count). The number of anilines is 1. The lowest BCUT2D eigenvalue weighted by atomic mass is 10.00. The average Bonchev–Trinajstić information content (AvgIpc) is 3.49. The van der Waals surface area contributed by atoms with Gasteiger partial charge in [0.05, 0.1) is 0 Å². The van der Waals surface area contributed by atoms with Crippen molar-refractivity contribution >= 4 is 16.6 Å². The molecule has 0 spiro atoms. The number of hydrogen-bond acceptors (Lipinski definition) is 5. The fraction of sp³-hybridized carbons (Fsp3) is 0.267. The van der Waals surface area contributed by atoms with Crippen LogP contribution in [0.25, 0.3) is 10.9 Å². The highest BCUT2D eigenvalue weighted by molar-refractivity contribution is 5.81. The van der Waals surface area contributed by atoms with Crippen molar-refractivity contribution in [2.24, 2.45) is 0 Å². The van der Waals surface area contributed by atoms with E-state index >= 15 is 0 Å². The van der Waals surface area contributed by atoms with E-state index in [0.717, 1.165) is 35.0 Å². The summed E-state index contributed by atoms with van der Waals surface area (Å²) in [7, 11) is 0. The third-order valence-electron chi connectivity index (χ3n) is 7.58. The molecule has 2 aromatic heterocycles. The van der Waals surface area contributed by atoms with Gasteiger partial charge in [-0.05, 0) is 95.9 Å². The van der Waals surface area contributed by atoms with Crippen molar-refractivity contribution in [3.8, 4) is 0 Å². The molecule has 5 aromatic rings. The molecule has 7 heteroatoms. The van der Waals surface area contributed by atoms with E-state index in [2.05, 4.69) is 88.6 Å². The van der Waals surface area contributed by atoms with Gasteiger partial charge < -0.3 is 9.88 Å². The number of hydrogen-bond donors (Lipinski definition) is 1.